The van der Waals surface area contributed by atoms with Crippen molar-refractivity contribution in [3.63, 3.8) is 0 Å². The molecule has 1 aromatic carbocycles. The van der Waals surface area contributed by atoms with Crippen molar-refractivity contribution in [1.82, 2.24) is 9.88 Å². The number of carbonyl (C=O) groups excluding carboxylic acids is 1. The summed E-state index contributed by atoms with van der Waals surface area (Å²) < 4.78 is 7.69. The molecule has 1 aliphatic heterocycles. The number of nitrogens with one attached hydrogen (secondary N) is 2. The number of fused-ring (bicyclic) bond motifs is 1. The summed E-state index contributed by atoms with van der Waals surface area (Å²) in [6.07, 6.45) is 2.79. The van der Waals surface area contributed by atoms with Gasteiger partial charge in [-0.25, -0.2) is 0 Å². The van der Waals surface area contributed by atoms with Gasteiger partial charge in [0.25, 0.3) is 5.91 Å². The highest BCUT2D eigenvalue weighted by molar-refractivity contribution is 5.96. The number of ether oxygens (including phenoxy) is 1. The van der Waals surface area contributed by atoms with Crippen LogP contribution in [0, 0.1) is 0 Å². The van der Waals surface area contributed by atoms with Crippen LogP contribution < -0.4 is 10.6 Å². The Hall–Kier alpha value is -1.85. The summed E-state index contributed by atoms with van der Waals surface area (Å²) >= 11 is 0. The molecule has 1 unspecified atom stereocenters. The summed E-state index contributed by atoms with van der Waals surface area (Å²) in [6.45, 7) is 5.13. The standard InChI is InChI=1S/C16H21N3O2/c1-2-7-19-8-5-12-10-13(3-4-14(12)19)18-16(20)15-11-17-6-9-21-15/h3-5,8,10,15,17H,2,6-7,9,11H2,1H3,(H,18,20). The molecule has 112 valence electrons. The van der Waals surface area contributed by atoms with E-state index in [1.54, 1.807) is 0 Å². The van der Waals surface area contributed by atoms with Gasteiger partial charge in [0.05, 0.1) is 6.61 Å². The first-order valence-electron chi connectivity index (χ1n) is 7.50. The van der Waals surface area contributed by atoms with Gasteiger partial charge >= 0.3 is 0 Å². The maximum absolute atomic E-state index is 12.1. The normalized spacial score (nSPS) is 18.8. The molecule has 0 radical (unpaired) electrons. The Bertz CT molecular complexity index is 629. The fourth-order valence-electron chi connectivity index (χ4n) is 2.67. The van der Waals surface area contributed by atoms with Crippen molar-refractivity contribution in [2.45, 2.75) is 26.0 Å². The Morgan fingerprint density at radius 1 is 1.48 bits per heavy atom. The Morgan fingerprint density at radius 3 is 3.14 bits per heavy atom. The molecule has 3 rings (SSSR count). The van der Waals surface area contributed by atoms with Gasteiger partial charge in [-0.1, -0.05) is 6.92 Å². The molecule has 1 amide bonds. The lowest BCUT2D eigenvalue weighted by Crippen LogP contribution is -2.45. The molecule has 2 aromatic rings. The summed E-state index contributed by atoms with van der Waals surface area (Å²) in [5.41, 5.74) is 2.02. The van der Waals surface area contributed by atoms with E-state index in [1.165, 1.54) is 5.52 Å². The number of hydrogen-bond donors (Lipinski definition) is 2. The molecule has 0 bridgehead atoms. The van der Waals surface area contributed by atoms with Crippen LogP contribution >= 0.6 is 0 Å². The van der Waals surface area contributed by atoms with E-state index in [4.69, 9.17) is 4.74 Å². The van der Waals surface area contributed by atoms with E-state index in [2.05, 4.69) is 40.5 Å². The second-order valence-corrected chi connectivity index (χ2v) is 5.34. The molecule has 0 spiro atoms. The SMILES string of the molecule is CCCn1ccc2cc(NC(=O)C3CNCCO3)ccc21. The number of amides is 1. The average molecular weight is 287 g/mol. The number of benzene rings is 1. The predicted molar refractivity (Wildman–Crippen MR) is 83.5 cm³/mol. The molecular formula is C16H21N3O2. The first-order chi connectivity index (χ1) is 10.3. The minimum absolute atomic E-state index is 0.0884. The van der Waals surface area contributed by atoms with Gasteiger partial charge in [0.15, 0.2) is 0 Å². The van der Waals surface area contributed by atoms with Crippen molar-refractivity contribution in [3.8, 4) is 0 Å². The number of aryl methyl sites for hydroxylation is 1. The second-order valence-electron chi connectivity index (χ2n) is 5.34. The Kier molecular flexibility index (Phi) is 4.22. The fourth-order valence-corrected chi connectivity index (χ4v) is 2.67. The Labute approximate surface area is 124 Å². The third kappa shape index (κ3) is 3.09. The summed E-state index contributed by atoms with van der Waals surface area (Å²) in [7, 11) is 0. The second kappa shape index (κ2) is 6.28. The molecule has 1 aliphatic rings. The van der Waals surface area contributed by atoms with E-state index in [9.17, 15) is 4.79 Å². The van der Waals surface area contributed by atoms with E-state index < -0.39 is 6.10 Å². The quantitative estimate of drug-likeness (QED) is 0.904. The van der Waals surface area contributed by atoms with E-state index >= 15 is 0 Å². The van der Waals surface area contributed by atoms with Crippen LogP contribution in [0.2, 0.25) is 0 Å². The molecular weight excluding hydrogens is 266 g/mol. The molecule has 1 aromatic heterocycles. The highest BCUT2D eigenvalue weighted by atomic mass is 16.5. The smallest absolute Gasteiger partial charge is 0.254 e. The highest BCUT2D eigenvalue weighted by Gasteiger charge is 2.21. The third-order valence-corrected chi connectivity index (χ3v) is 3.72. The minimum Gasteiger partial charge on any atom is -0.366 e. The van der Waals surface area contributed by atoms with Crippen molar-refractivity contribution < 1.29 is 9.53 Å². The van der Waals surface area contributed by atoms with E-state index in [0.717, 1.165) is 30.6 Å². The topological polar surface area (TPSA) is 55.3 Å². The Morgan fingerprint density at radius 2 is 2.38 bits per heavy atom. The van der Waals surface area contributed by atoms with Crippen LogP contribution in [0.25, 0.3) is 10.9 Å². The van der Waals surface area contributed by atoms with Crippen LogP contribution in [0.3, 0.4) is 0 Å². The molecule has 5 nitrogen and oxygen atoms in total. The number of nitrogens with zero attached hydrogens (tertiary/aromatic N) is 1. The molecule has 0 aliphatic carbocycles. The lowest BCUT2D eigenvalue weighted by Gasteiger charge is -2.22. The zero-order valence-corrected chi connectivity index (χ0v) is 12.3. The van der Waals surface area contributed by atoms with Crippen LogP contribution in [0.15, 0.2) is 30.5 Å². The largest absolute Gasteiger partial charge is 0.366 e. The third-order valence-electron chi connectivity index (χ3n) is 3.72. The number of morpholine rings is 1. The van der Waals surface area contributed by atoms with Gasteiger partial charge in [0.1, 0.15) is 6.10 Å². The number of aromatic nitrogens is 1. The van der Waals surface area contributed by atoms with Crippen LogP contribution in [-0.2, 0) is 16.1 Å². The predicted octanol–water partition coefficient (Wildman–Crippen LogP) is 1.98. The van der Waals surface area contributed by atoms with Gasteiger partial charge < -0.3 is 19.9 Å². The van der Waals surface area contributed by atoms with E-state index in [-0.39, 0.29) is 5.91 Å². The minimum atomic E-state index is -0.404. The number of hydrogen-bond acceptors (Lipinski definition) is 3. The number of carbonyl (C=O) groups is 1. The van der Waals surface area contributed by atoms with Gasteiger partial charge in [0, 0.05) is 42.4 Å². The molecule has 1 fully saturated rings. The van der Waals surface area contributed by atoms with Crippen molar-refractivity contribution in [2.24, 2.45) is 0 Å². The first-order valence-corrected chi connectivity index (χ1v) is 7.50. The maximum Gasteiger partial charge on any atom is 0.254 e. The van der Waals surface area contributed by atoms with Crippen molar-refractivity contribution in [1.29, 1.82) is 0 Å². The molecule has 2 heterocycles. The number of rotatable bonds is 4. The Balaban J connectivity index is 1.73. The molecule has 5 heteroatoms. The van der Waals surface area contributed by atoms with Crippen molar-refractivity contribution in [3.05, 3.63) is 30.5 Å². The summed E-state index contributed by atoms with van der Waals surface area (Å²) in [5, 5.41) is 7.23. The summed E-state index contributed by atoms with van der Waals surface area (Å²) in [6, 6.07) is 8.10. The lowest BCUT2D eigenvalue weighted by atomic mass is 10.2. The van der Waals surface area contributed by atoms with Crippen molar-refractivity contribution in [2.75, 3.05) is 25.0 Å². The van der Waals surface area contributed by atoms with Gasteiger partial charge in [0.2, 0.25) is 0 Å². The average Bonchev–Trinajstić information content (AvgIpc) is 2.91. The molecule has 1 saturated heterocycles. The van der Waals surface area contributed by atoms with Crippen LogP contribution in [0.5, 0.6) is 0 Å². The monoisotopic (exact) mass is 287 g/mol. The first kappa shape index (κ1) is 14.1. The molecule has 0 saturated carbocycles. The van der Waals surface area contributed by atoms with E-state index in [1.807, 2.05) is 12.1 Å². The molecule has 1 atom stereocenters. The van der Waals surface area contributed by atoms with E-state index in [0.29, 0.717) is 13.2 Å². The van der Waals surface area contributed by atoms with Gasteiger partial charge in [-0.2, -0.15) is 0 Å². The van der Waals surface area contributed by atoms with Gasteiger partial charge in [-0.15, -0.1) is 0 Å². The maximum atomic E-state index is 12.1. The summed E-state index contributed by atoms with van der Waals surface area (Å²) in [5.74, 6) is -0.0884. The fraction of sp³-hybridized carbons (Fsp3) is 0.438. The molecule has 2 N–H and O–H groups in total. The number of anilines is 1. The van der Waals surface area contributed by atoms with Gasteiger partial charge in [-0.3, -0.25) is 4.79 Å². The molecule has 21 heavy (non-hydrogen) atoms. The zero-order chi connectivity index (χ0) is 14.7. The van der Waals surface area contributed by atoms with Gasteiger partial charge in [-0.05, 0) is 30.7 Å². The van der Waals surface area contributed by atoms with Crippen LogP contribution in [0.1, 0.15) is 13.3 Å². The summed E-state index contributed by atoms with van der Waals surface area (Å²) in [4.78, 5) is 12.1. The van der Waals surface area contributed by atoms with Crippen molar-refractivity contribution >= 4 is 22.5 Å². The van der Waals surface area contributed by atoms with Crippen LogP contribution in [0.4, 0.5) is 5.69 Å². The zero-order valence-electron chi connectivity index (χ0n) is 12.3. The lowest BCUT2D eigenvalue weighted by molar-refractivity contribution is -0.128. The van der Waals surface area contributed by atoms with Crippen LogP contribution in [-0.4, -0.2) is 36.3 Å². The highest BCUT2D eigenvalue weighted by Crippen LogP contribution is 2.21.